The van der Waals surface area contributed by atoms with E-state index in [9.17, 15) is 4.79 Å². The molecular weight excluding hydrogens is 244 g/mol. The quantitative estimate of drug-likeness (QED) is 0.736. The summed E-state index contributed by atoms with van der Waals surface area (Å²) in [7, 11) is 0. The molecule has 0 spiro atoms. The highest BCUT2D eigenvalue weighted by Crippen LogP contribution is 2.19. The normalized spacial score (nSPS) is 10.6. The highest BCUT2D eigenvalue weighted by molar-refractivity contribution is 6.10. The van der Waals surface area contributed by atoms with Crippen molar-refractivity contribution in [3.8, 4) is 0 Å². The van der Waals surface area contributed by atoms with Gasteiger partial charge in [-0.3, -0.25) is 4.79 Å². The second kappa shape index (κ2) is 6.04. The molecule has 0 saturated carbocycles. The maximum atomic E-state index is 12.8. The van der Waals surface area contributed by atoms with E-state index in [1.807, 2.05) is 26.0 Å². The molecule has 2 aromatic carbocycles. The number of ketones is 1. The van der Waals surface area contributed by atoms with Gasteiger partial charge in [0.1, 0.15) is 0 Å². The lowest BCUT2D eigenvalue weighted by Gasteiger charge is -2.10. The van der Waals surface area contributed by atoms with E-state index in [2.05, 4.69) is 38.1 Å². The van der Waals surface area contributed by atoms with Gasteiger partial charge in [0.05, 0.1) is 0 Å². The molecule has 0 fully saturated rings. The van der Waals surface area contributed by atoms with Gasteiger partial charge in [-0.05, 0) is 56.0 Å². The molecule has 0 radical (unpaired) electrons. The van der Waals surface area contributed by atoms with E-state index in [4.69, 9.17) is 0 Å². The molecule has 0 heterocycles. The first kappa shape index (κ1) is 14.5. The number of aryl methyl sites for hydroxylation is 4. The molecular formula is C19H22O. The molecule has 1 nitrogen and oxygen atoms in total. The zero-order valence-electron chi connectivity index (χ0n) is 12.8. The van der Waals surface area contributed by atoms with E-state index in [-0.39, 0.29) is 5.78 Å². The topological polar surface area (TPSA) is 17.1 Å². The van der Waals surface area contributed by atoms with Crippen LogP contribution in [0.1, 0.15) is 52.0 Å². The lowest BCUT2D eigenvalue weighted by Crippen LogP contribution is -2.07. The second-order valence-corrected chi connectivity index (χ2v) is 5.40. The van der Waals surface area contributed by atoms with Gasteiger partial charge in [0, 0.05) is 11.1 Å². The van der Waals surface area contributed by atoms with Crippen molar-refractivity contribution in [2.45, 2.75) is 40.5 Å². The monoisotopic (exact) mass is 266 g/mol. The Labute approximate surface area is 121 Å². The fourth-order valence-corrected chi connectivity index (χ4v) is 2.62. The van der Waals surface area contributed by atoms with Crippen molar-refractivity contribution in [3.05, 3.63) is 69.8 Å². The summed E-state index contributed by atoms with van der Waals surface area (Å²) in [6.45, 7) is 8.28. The molecule has 0 aliphatic heterocycles. The van der Waals surface area contributed by atoms with Crippen molar-refractivity contribution in [1.82, 2.24) is 0 Å². The highest BCUT2D eigenvalue weighted by atomic mass is 16.1. The van der Waals surface area contributed by atoms with Crippen LogP contribution in [0.2, 0.25) is 0 Å². The predicted octanol–water partition coefficient (Wildman–Crippen LogP) is 4.66. The highest BCUT2D eigenvalue weighted by Gasteiger charge is 2.14. The third-order valence-corrected chi connectivity index (χ3v) is 3.69. The third-order valence-electron chi connectivity index (χ3n) is 3.69. The number of carbonyl (C=O) groups excluding carboxylic acids is 1. The number of benzene rings is 2. The molecule has 0 aromatic heterocycles. The van der Waals surface area contributed by atoms with E-state index < -0.39 is 0 Å². The smallest absolute Gasteiger partial charge is 0.193 e. The Balaban J connectivity index is 2.51. The minimum Gasteiger partial charge on any atom is -0.289 e. The van der Waals surface area contributed by atoms with E-state index >= 15 is 0 Å². The van der Waals surface area contributed by atoms with Gasteiger partial charge in [0.2, 0.25) is 0 Å². The summed E-state index contributed by atoms with van der Waals surface area (Å²) >= 11 is 0. The van der Waals surface area contributed by atoms with Crippen LogP contribution < -0.4 is 0 Å². The van der Waals surface area contributed by atoms with Crippen molar-refractivity contribution in [2.75, 3.05) is 0 Å². The van der Waals surface area contributed by atoms with Gasteiger partial charge in [0.25, 0.3) is 0 Å². The minimum absolute atomic E-state index is 0.143. The average molecular weight is 266 g/mol. The van der Waals surface area contributed by atoms with Gasteiger partial charge >= 0.3 is 0 Å². The number of hydrogen-bond donors (Lipinski definition) is 0. The lowest BCUT2D eigenvalue weighted by atomic mass is 9.93. The van der Waals surface area contributed by atoms with Crippen molar-refractivity contribution < 1.29 is 4.79 Å². The molecule has 0 aliphatic rings. The molecule has 0 aliphatic carbocycles. The molecule has 20 heavy (non-hydrogen) atoms. The summed E-state index contributed by atoms with van der Waals surface area (Å²) in [5, 5.41) is 0. The summed E-state index contributed by atoms with van der Waals surface area (Å²) in [6, 6.07) is 12.3. The van der Waals surface area contributed by atoms with E-state index in [0.717, 1.165) is 40.7 Å². The van der Waals surface area contributed by atoms with Crippen LogP contribution in [0.4, 0.5) is 0 Å². The maximum Gasteiger partial charge on any atom is 0.193 e. The molecule has 0 unspecified atom stereocenters. The van der Waals surface area contributed by atoms with Crippen LogP contribution in [-0.4, -0.2) is 5.78 Å². The Morgan fingerprint density at radius 3 is 2.10 bits per heavy atom. The third kappa shape index (κ3) is 2.98. The summed E-state index contributed by atoms with van der Waals surface area (Å²) in [5.74, 6) is 0.143. The van der Waals surface area contributed by atoms with Crippen LogP contribution in [0.25, 0.3) is 0 Å². The maximum absolute atomic E-state index is 12.8. The van der Waals surface area contributed by atoms with E-state index in [1.54, 1.807) is 0 Å². The number of rotatable bonds is 4. The Morgan fingerprint density at radius 1 is 0.900 bits per heavy atom. The van der Waals surface area contributed by atoms with Crippen molar-refractivity contribution in [3.63, 3.8) is 0 Å². The van der Waals surface area contributed by atoms with Crippen molar-refractivity contribution in [2.24, 2.45) is 0 Å². The zero-order chi connectivity index (χ0) is 14.7. The Kier molecular flexibility index (Phi) is 4.39. The summed E-state index contributed by atoms with van der Waals surface area (Å²) in [6.07, 6.45) is 1.84. The summed E-state index contributed by atoms with van der Waals surface area (Å²) in [5.41, 5.74) is 6.28. The first-order valence-electron chi connectivity index (χ1n) is 7.30. The fourth-order valence-electron chi connectivity index (χ4n) is 2.62. The van der Waals surface area contributed by atoms with Gasteiger partial charge in [-0.25, -0.2) is 0 Å². The van der Waals surface area contributed by atoms with Crippen LogP contribution in [0, 0.1) is 13.8 Å². The SMILES string of the molecule is CCc1ccc(CC)c(C(=O)c2cc(C)cc(C)c2)c1. The molecule has 0 saturated heterocycles. The first-order valence-corrected chi connectivity index (χ1v) is 7.30. The molecule has 0 amide bonds. The van der Waals surface area contributed by atoms with Crippen LogP contribution in [0.3, 0.4) is 0 Å². The Bertz CT molecular complexity index is 618. The second-order valence-electron chi connectivity index (χ2n) is 5.40. The summed E-state index contributed by atoms with van der Waals surface area (Å²) < 4.78 is 0. The van der Waals surface area contributed by atoms with E-state index in [0.29, 0.717) is 0 Å². The number of carbonyl (C=O) groups is 1. The van der Waals surface area contributed by atoms with E-state index in [1.165, 1.54) is 5.56 Å². The van der Waals surface area contributed by atoms with Crippen molar-refractivity contribution in [1.29, 1.82) is 0 Å². The largest absolute Gasteiger partial charge is 0.289 e. The van der Waals surface area contributed by atoms with Crippen molar-refractivity contribution >= 4 is 5.78 Å². The Hall–Kier alpha value is -1.89. The average Bonchev–Trinajstić information content (AvgIpc) is 2.44. The van der Waals surface area contributed by atoms with Gasteiger partial charge < -0.3 is 0 Å². The van der Waals surface area contributed by atoms with Gasteiger partial charge in [0.15, 0.2) is 5.78 Å². The molecule has 104 valence electrons. The Morgan fingerprint density at radius 2 is 1.55 bits per heavy atom. The zero-order valence-corrected chi connectivity index (χ0v) is 12.8. The van der Waals surface area contributed by atoms with Crippen LogP contribution in [-0.2, 0) is 12.8 Å². The molecule has 2 rings (SSSR count). The van der Waals surface area contributed by atoms with Gasteiger partial charge in [-0.15, -0.1) is 0 Å². The fraction of sp³-hybridized carbons (Fsp3) is 0.316. The molecule has 0 bridgehead atoms. The van der Waals surface area contributed by atoms with Gasteiger partial charge in [-0.2, -0.15) is 0 Å². The number of hydrogen-bond acceptors (Lipinski definition) is 1. The van der Waals surface area contributed by atoms with Crippen LogP contribution in [0.15, 0.2) is 36.4 Å². The standard InChI is InChI=1S/C19H22O/c1-5-15-7-8-16(6-2)18(12-15)19(20)17-10-13(3)9-14(4)11-17/h7-12H,5-6H2,1-4H3. The minimum atomic E-state index is 0.143. The molecule has 0 atom stereocenters. The molecule has 2 aromatic rings. The summed E-state index contributed by atoms with van der Waals surface area (Å²) in [4.78, 5) is 12.8. The predicted molar refractivity (Wildman–Crippen MR) is 84.5 cm³/mol. The van der Waals surface area contributed by atoms with Crippen LogP contribution in [0.5, 0.6) is 0 Å². The van der Waals surface area contributed by atoms with Crippen LogP contribution >= 0.6 is 0 Å². The lowest BCUT2D eigenvalue weighted by molar-refractivity contribution is 0.103. The molecule has 1 heteroatoms. The first-order chi connectivity index (χ1) is 9.55. The van der Waals surface area contributed by atoms with Gasteiger partial charge in [-0.1, -0.05) is 43.2 Å². The molecule has 0 N–H and O–H groups in total.